The van der Waals surface area contributed by atoms with Gasteiger partial charge < -0.3 is 10.4 Å². The lowest BCUT2D eigenvalue weighted by atomic mass is 10.3. The maximum atomic E-state index is 13.0. The van der Waals surface area contributed by atoms with E-state index in [0.717, 1.165) is 12.5 Å². The summed E-state index contributed by atoms with van der Waals surface area (Å²) in [6.07, 6.45) is 0.739. The molecule has 5 nitrogen and oxygen atoms in total. The molecule has 0 bridgehead atoms. The maximum Gasteiger partial charge on any atom is 0.317 e. The smallest absolute Gasteiger partial charge is 0.317 e. The second-order valence-electron chi connectivity index (χ2n) is 4.28. The van der Waals surface area contributed by atoms with Crippen molar-refractivity contribution in [2.24, 2.45) is 0 Å². The summed E-state index contributed by atoms with van der Waals surface area (Å²) in [5.74, 6) is -1.93. The minimum Gasteiger partial charge on any atom is -0.480 e. The second-order valence-corrected chi connectivity index (χ2v) is 4.69. The van der Waals surface area contributed by atoms with E-state index in [1.54, 1.807) is 0 Å². The molecule has 0 saturated heterocycles. The SMILES string of the molecule is CCCN(CC(=O)O)CC(=O)Nc1ccc(F)c(Cl)c1. The van der Waals surface area contributed by atoms with Crippen LogP contribution in [0.15, 0.2) is 18.2 Å². The normalized spacial score (nSPS) is 10.6. The average molecular weight is 303 g/mol. The van der Waals surface area contributed by atoms with E-state index in [1.807, 2.05) is 6.92 Å². The van der Waals surface area contributed by atoms with Gasteiger partial charge in [0.25, 0.3) is 0 Å². The van der Waals surface area contributed by atoms with Crippen LogP contribution in [0.3, 0.4) is 0 Å². The van der Waals surface area contributed by atoms with E-state index in [4.69, 9.17) is 16.7 Å². The van der Waals surface area contributed by atoms with Crippen LogP contribution in [0.1, 0.15) is 13.3 Å². The summed E-state index contributed by atoms with van der Waals surface area (Å²) in [7, 11) is 0. The number of carboxylic acids is 1. The van der Waals surface area contributed by atoms with Crippen molar-refractivity contribution in [3.8, 4) is 0 Å². The Balaban J connectivity index is 2.60. The van der Waals surface area contributed by atoms with E-state index >= 15 is 0 Å². The maximum absolute atomic E-state index is 13.0. The summed E-state index contributed by atoms with van der Waals surface area (Å²) in [5, 5.41) is 11.2. The van der Waals surface area contributed by atoms with Crippen LogP contribution >= 0.6 is 11.6 Å². The van der Waals surface area contributed by atoms with Gasteiger partial charge in [-0.1, -0.05) is 18.5 Å². The van der Waals surface area contributed by atoms with Gasteiger partial charge in [-0.2, -0.15) is 0 Å². The summed E-state index contributed by atoms with van der Waals surface area (Å²) in [6.45, 7) is 2.15. The van der Waals surface area contributed by atoms with Crippen LogP contribution in [-0.2, 0) is 9.59 Å². The van der Waals surface area contributed by atoms with Crippen LogP contribution in [-0.4, -0.2) is 41.5 Å². The minimum absolute atomic E-state index is 0.0465. The standard InChI is InChI=1S/C13H16ClFN2O3/c1-2-5-17(8-13(19)20)7-12(18)16-9-3-4-11(15)10(14)6-9/h3-4,6H,2,5,7-8H2,1H3,(H,16,18)(H,19,20). The number of halogens is 2. The highest BCUT2D eigenvalue weighted by Gasteiger charge is 2.13. The van der Waals surface area contributed by atoms with Crippen LogP contribution in [0, 0.1) is 5.82 Å². The number of hydrogen-bond donors (Lipinski definition) is 2. The quantitative estimate of drug-likeness (QED) is 0.810. The van der Waals surface area contributed by atoms with Crippen molar-refractivity contribution in [1.29, 1.82) is 0 Å². The van der Waals surface area contributed by atoms with Crippen molar-refractivity contribution in [1.82, 2.24) is 4.90 Å². The van der Waals surface area contributed by atoms with Crippen LogP contribution in [0.25, 0.3) is 0 Å². The number of aliphatic carboxylic acids is 1. The summed E-state index contributed by atoms with van der Waals surface area (Å²) in [4.78, 5) is 24.0. The first-order valence-electron chi connectivity index (χ1n) is 6.11. The molecule has 0 aliphatic heterocycles. The first kappa shape index (κ1) is 16.4. The number of nitrogens with zero attached hydrogens (tertiary/aromatic N) is 1. The topological polar surface area (TPSA) is 69.6 Å². The number of amides is 1. The highest BCUT2D eigenvalue weighted by molar-refractivity contribution is 6.31. The van der Waals surface area contributed by atoms with Crippen LogP contribution < -0.4 is 5.32 Å². The molecular formula is C13H16ClFN2O3. The highest BCUT2D eigenvalue weighted by atomic mass is 35.5. The molecule has 0 spiro atoms. The average Bonchev–Trinajstić information content (AvgIpc) is 2.33. The van der Waals surface area contributed by atoms with Crippen molar-refractivity contribution in [2.75, 3.05) is 25.0 Å². The van der Waals surface area contributed by atoms with E-state index in [1.165, 1.54) is 17.0 Å². The molecule has 0 unspecified atom stereocenters. The molecule has 2 N–H and O–H groups in total. The molecule has 0 aliphatic rings. The summed E-state index contributed by atoms with van der Waals surface area (Å²) in [6, 6.07) is 3.84. The molecule has 1 amide bonds. The lowest BCUT2D eigenvalue weighted by Crippen LogP contribution is -2.37. The molecule has 110 valence electrons. The van der Waals surface area contributed by atoms with E-state index in [9.17, 15) is 14.0 Å². The third-order valence-electron chi connectivity index (χ3n) is 2.47. The molecule has 1 aromatic rings. The van der Waals surface area contributed by atoms with Gasteiger partial charge in [-0.3, -0.25) is 14.5 Å². The van der Waals surface area contributed by atoms with Crippen molar-refractivity contribution < 1.29 is 19.1 Å². The van der Waals surface area contributed by atoms with Gasteiger partial charge in [0.2, 0.25) is 5.91 Å². The van der Waals surface area contributed by atoms with Crippen molar-refractivity contribution >= 4 is 29.2 Å². The minimum atomic E-state index is -0.990. The van der Waals surface area contributed by atoms with E-state index in [0.29, 0.717) is 12.2 Å². The van der Waals surface area contributed by atoms with Crippen LogP contribution in [0.4, 0.5) is 10.1 Å². The van der Waals surface area contributed by atoms with E-state index in [-0.39, 0.29) is 24.0 Å². The number of hydrogen-bond acceptors (Lipinski definition) is 3. The molecule has 0 saturated carbocycles. The molecule has 1 aromatic carbocycles. The third-order valence-corrected chi connectivity index (χ3v) is 2.76. The van der Waals surface area contributed by atoms with E-state index < -0.39 is 11.8 Å². The van der Waals surface area contributed by atoms with Crippen molar-refractivity contribution in [2.45, 2.75) is 13.3 Å². The zero-order valence-electron chi connectivity index (χ0n) is 11.0. The second kappa shape index (κ2) is 7.81. The number of anilines is 1. The molecule has 0 fully saturated rings. The molecule has 20 heavy (non-hydrogen) atoms. The molecule has 1 rings (SSSR count). The lowest BCUT2D eigenvalue weighted by molar-refractivity contribution is -0.138. The number of rotatable bonds is 7. The first-order valence-corrected chi connectivity index (χ1v) is 6.49. The van der Waals surface area contributed by atoms with Gasteiger partial charge in [0, 0.05) is 5.69 Å². The molecule has 7 heteroatoms. The predicted molar refractivity (Wildman–Crippen MR) is 74.4 cm³/mol. The number of carbonyl (C=O) groups is 2. The van der Waals surface area contributed by atoms with Gasteiger partial charge >= 0.3 is 5.97 Å². The monoisotopic (exact) mass is 302 g/mol. The van der Waals surface area contributed by atoms with E-state index in [2.05, 4.69) is 5.32 Å². The fourth-order valence-corrected chi connectivity index (χ4v) is 1.88. The highest BCUT2D eigenvalue weighted by Crippen LogP contribution is 2.19. The van der Waals surface area contributed by atoms with Crippen molar-refractivity contribution in [3.63, 3.8) is 0 Å². The Morgan fingerprint density at radius 3 is 2.65 bits per heavy atom. The summed E-state index contributed by atoms with van der Waals surface area (Å²) < 4.78 is 13.0. The lowest BCUT2D eigenvalue weighted by Gasteiger charge is -2.18. The Bertz CT molecular complexity index is 497. The van der Waals surface area contributed by atoms with Crippen LogP contribution in [0.5, 0.6) is 0 Å². The number of benzene rings is 1. The van der Waals surface area contributed by atoms with Crippen molar-refractivity contribution in [3.05, 3.63) is 29.0 Å². The fourth-order valence-electron chi connectivity index (χ4n) is 1.70. The molecule has 0 aliphatic carbocycles. The Morgan fingerprint density at radius 1 is 1.40 bits per heavy atom. The Labute approximate surface area is 121 Å². The zero-order chi connectivity index (χ0) is 15.1. The van der Waals surface area contributed by atoms with Gasteiger partial charge in [-0.05, 0) is 31.2 Å². The van der Waals surface area contributed by atoms with Gasteiger partial charge in [0.05, 0.1) is 18.1 Å². The molecule has 0 atom stereocenters. The Morgan fingerprint density at radius 2 is 2.10 bits per heavy atom. The Hall–Kier alpha value is -1.66. The molecule has 0 heterocycles. The number of nitrogens with one attached hydrogen (secondary N) is 1. The summed E-state index contributed by atoms with van der Waals surface area (Å²) >= 11 is 5.61. The zero-order valence-corrected chi connectivity index (χ0v) is 11.8. The van der Waals surface area contributed by atoms with Gasteiger partial charge in [0.1, 0.15) is 5.82 Å². The van der Waals surface area contributed by atoms with Gasteiger partial charge in [0.15, 0.2) is 0 Å². The molecular weight excluding hydrogens is 287 g/mol. The summed E-state index contributed by atoms with van der Waals surface area (Å²) in [5.41, 5.74) is 0.369. The fraction of sp³-hybridized carbons (Fsp3) is 0.385. The largest absolute Gasteiger partial charge is 0.480 e. The van der Waals surface area contributed by atoms with Gasteiger partial charge in [-0.25, -0.2) is 4.39 Å². The molecule has 0 radical (unpaired) electrons. The van der Waals surface area contributed by atoms with Gasteiger partial charge in [-0.15, -0.1) is 0 Å². The Kier molecular flexibility index (Phi) is 6.41. The molecule has 0 aromatic heterocycles. The first-order chi connectivity index (χ1) is 9.42. The number of carboxylic acid groups (broad SMARTS) is 1. The third kappa shape index (κ3) is 5.54. The van der Waals surface area contributed by atoms with Crippen LogP contribution in [0.2, 0.25) is 5.02 Å². The predicted octanol–water partition coefficient (Wildman–Crippen LogP) is 2.21. The number of carbonyl (C=O) groups excluding carboxylic acids is 1.